The van der Waals surface area contributed by atoms with E-state index < -0.39 is 11.9 Å². The lowest BCUT2D eigenvalue weighted by atomic mass is 9.89. The van der Waals surface area contributed by atoms with E-state index in [1.165, 1.54) is 16.2 Å². The van der Waals surface area contributed by atoms with Crippen molar-refractivity contribution < 1.29 is 14.3 Å². The van der Waals surface area contributed by atoms with E-state index in [2.05, 4.69) is 18.3 Å². The molecule has 140 valence electrons. The van der Waals surface area contributed by atoms with E-state index in [1.807, 2.05) is 19.9 Å². The van der Waals surface area contributed by atoms with Crippen LogP contribution in [0, 0.1) is 31.1 Å². The zero-order valence-corrected chi connectivity index (χ0v) is 16.5. The average Bonchev–Trinajstić information content (AvgIpc) is 2.94. The van der Waals surface area contributed by atoms with E-state index in [0.29, 0.717) is 22.0 Å². The third-order valence-electron chi connectivity index (χ3n) is 4.67. The van der Waals surface area contributed by atoms with Gasteiger partial charge >= 0.3 is 5.97 Å². The number of hydrogen-bond donors (Lipinski definition) is 1. The van der Waals surface area contributed by atoms with E-state index in [4.69, 9.17) is 4.74 Å². The van der Waals surface area contributed by atoms with Gasteiger partial charge in [-0.1, -0.05) is 24.1 Å². The summed E-state index contributed by atoms with van der Waals surface area (Å²) in [6.07, 6.45) is 2.86. The Morgan fingerprint density at radius 3 is 2.67 bits per heavy atom. The van der Waals surface area contributed by atoms with Gasteiger partial charge < -0.3 is 10.1 Å². The first-order valence-corrected chi connectivity index (χ1v) is 9.79. The van der Waals surface area contributed by atoms with E-state index in [0.717, 1.165) is 36.0 Å². The Labute approximate surface area is 163 Å². The van der Waals surface area contributed by atoms with Crippen molar-refractivity contribution in [1.82, 2.24) is 0 Å². The molecule has 0 radical (unpaired) electrons. The summed E-state index contributed by atoms with van der Waals surface area (Å²) in [5.74, 6) is -0.377. The fourth-order valence-corrected chi connectivity index (χ4v) is 4.80. The fraction of sp³-hybridized carbons (Fsp3) is 0.381. The molecule has 1 atom stereocenters. The van der Waals surface area contributed by atoms with E-state index in [-0.39, 0.29) is 6.61 Å². The number of carbonyl (C=O) groups excluding carboxylic acids is 2. The summed E-state index contributed by atoms with van der Waals surface area (Å²) in [6, 6.07) is 7.64. The van der Waals surface area contributed by atoms with Gasteiger partial charge in [-0.15, -0.1) is 11.3 Å². The predicted octanol–water partition coefficient (Wildman–Crippen LogP) is 4.16. The molecule has 1 aliphatic rings. The summed E-state index contributed by atoms with van der Waals surface area (Å²) >= 11 is 1.46. The molecule has 2 aromatic rings. The third kappa shape index (κ3) is 4.37. The molecule has 1 amide bonds. The van der Waals surface area contributed by atoms with Crippen LogP contribution in [0.1, 0.15) is 50.8 Å². The van der Waals surface area contributed by atoms with Crippen molar-refractivity contribution in [2.24, 2.45) is 5.92 Å². The SMILES string of the molecule is Cc1cc(C)cc(C(=O)OCC(=O)Nc2sc3c(c2C#N)CCC(C)C3)c1. The van der Waals surface area contributed by atoms with Crippen LogP contribution in [0.15, 0.2) is 18.2 Å². The van der Waals surface area contributed by atoms with Gasteiger partial charge in [-0.25, -0.2) is 4.79 Å². The third-order valence-corrected chi connectivity index (χ3v) is 5.84. The molecule has 6 heteroatoms. The first kappa shape index (κ1) is 19.1. The number of nitrogens with zero attached hydrogens (tertiary/aromatic N) is 1. The molecule has 1 aromatic heterocycles. The molecule has 1 heterocycles. The van der Waals surface area contributed by atoms with Gasteiger partial charge in [0, 0.05) is 4.88 Å². The number of fused-ring (bicyclic) bond motifs is 1. The summed E-state index contributed by atoms with van der Waals surface area (Å²) in [5.41, 5.74) is 3.96. The Hall–Kier alpha value is -2.65. The van der Waals surface area contributed by atoms with Crippen molar-refractivity contribution >= 4 is 28.2 Å². The average molecular weight is 382 g/mol. The zero-order valence-electron chi connectivity index (χ0n) is 15.7. The molecule has 3 rings (SSSR count). The number of benzene rings is 1. The molecule has 0 bridgehead atoms. The molecule has 27 heavy (non-hydrogen) atoms. The Kier molecular flexibility index (Phi) is 5.62. The monoisotopic (exact) mass is 382 g/mol. The number of hydrogen-bond acceptors (Lipinski definition) is 5. The highest BCUT2D eigenvalue weighted by Gasteiger charge is 2.24. The van der Waals surface area contributed by atoms with Crippen molar-refractivity contribution in [2.75, 3.05) is 11.9 Å². The highest BCUT2D eigenvalue weighted by Crippen LogP contribution is 2.39. The molecule has 0 spiro atoms. The largest absolute Gasteiger partial charge is 0.452 e. The highest BCUT2D eigenvalue weighted by molar-refractivity contribution is 7.16. The molecule has 1 unspecified atom stereocenters. The summed E-state index contributed by atoms with van der Waals surface area (Å²) in [7, 11) is 0. The van der Waals surface area contributed by atoms with Crippen LogP contribution in [0.5, 0.6) is 0 Å². The van der Waals surface area contributed by atoms with E-state index in [1.54, 1.807) is 12.1 Å². The summed E-state index contributed by atoms with van der Waals surface area (Å²) in [5, 5.41) is 12.8. The van der Waals surface area contributed by atoms with E-state index >= 15 is 0 Å². The molecular weight excluding hydrogens is 360 g/mol. The zero-order chi connectivity index (χ0) is 19.6. The number of rotatable bonds is 4. The number of thiophene rings is 1. The van der Waals surface area contributed by atoms with Crippen molar-refractivity contribution in [1.29, 1.82) is 5.26 Å². The predicted molar refractivity (Wildman–Crippen MR) is 105 cm³/mol. The van der Waals surface area contributed by atoms with Crippen LogP contribution in [0.3, 0.4) is 0 Å². The van der Waals surface area contributed by atoms with Gasteiger partial charge in [-0.2, -0.15) is 5.26 Å². The maximum atomic E-state index is 12.2. The second kappa shape index (κ2) is 7.93. The van der Waals surface area contributed by atoms with Crippen molar-refractivity contribution in [3.8, 4) is 6.07 Å². The number of nitrogens with one attached hydrogen (secondary N) is 1. The molecule has 1 N–H and O–H groups in total. The van der Waals surface area contributed by atoms with E-state index in [9.17, 15) is 14.9 Å². The lowest BCUT2D eigenvalue weighted by molar-refractivity contribution is -0.119. The molecule has 1 aromatic carbocycles. The second-order valence-electron chi connectivity index (χ2n) is 7.17. The van der Waals surface area contributed by atoms with Crippen LogP contribution < -0.4 is 5.32 Å². The summed E-state index contributed by atoms with van der Waals surface area (Å²) < 4.78 is 5.14. The fourth-order valence-electron chi connectivity index (χ4n) is 3.43. The van der Waals surface area contributed by atoms with Crippen LogP contribution in [0.2, 0.25) is 0 Å². The number of ether oxygens (including phenoxy) is 1. The number of esters is 1. The minimum atomic E-state index is -0.531. The van der Waals surface area contributed by atoms with Crippen LogP contribution >= 0.6 is 11.3 Å². The molecule has 0 aliphatic heterocycles. The molecule has 5 nitrogen and oxygen atoms in total. The van der Waals surface area contributed by atoms with Gasteiger partial charge in [0.1, 0.15) is 11.1 Å². The molecule has 0 fully saturated rings. The topological polar surface area (TPSA) is 79.2 Å². The van der Waals surface area contributed by atoms with Crippen molar-refractivity contribution in [3.05, 3.63) is 50.9 Å². The first-order chi connectivity index (χ1) is 12.9. The summed E-state index contributed by atoms with van der Waals surface area (Å²) in [6.45, 7) is 5.62. The van der Waals surface area contributed by atoms with Gasteiger partial charge in [0.15, 0.2) is 6.61 Å². The normalized spacial score (nSPS) is 15.6. The standard InChI is InChI=1S/C21H22N2O3S/c1-12-4-5-16-17(10-22)20(27-18(16)9-12)23-19(24)11-26-21(25)15-7-13(2)6-14(3)8-15/h6-8,12H,4-5,9,11H2,1-3H3,(H,23,24). The molecule has 1 aliphatic carbocycles. The van der Waals surface area contributed by atoms with Gasteiger partial charge in [0.05, 0.1) is 11.1 Å². The second-order valence-corrected chi connectivity index (χ2v) is 8.27. The summed E-state index contributed by atoms with van der Waals surface area (Å²) in [4.78, 5) is 25.6. The minimum Gasteiger partial charge on any atom is -0.452 e. The van der Waals surface area contributed by atoms with Crippen LogP contribution in [-0.4, -0.2) is 18.5 Å². The smallest absolute Gasteiger partial charge is 0.338 e. The first-order valence-electron chi connectivity index (χ1n) is 8.97. The minimum absolute atomic E-state index is 0.379. The van der Waals surface area contributed by atoms with Gasteiger partial charge in [-0.3, -0.25) is 4.79 Å². The van der Waals surface area contributed by atoms with Crippen LogP contribution in [0.4, 0.5) is 5.00 Å². The molecule has 0 saturated heterocycles. The number of nitriles is 1. The van der Waals surface area contributed by atoms with Crippen molar-refractivity contribution in [3.63, 3.8) is 0 Å². The highest BCUT2D eigenvalue weighted by atomic mass is 32.1. The maximum Gasteiger partial charge on any atom is 0.338 e. The Morgan fingerprint density at radius 2 is 2.00 bits per heavy atom. The van der Waals surface area contributed by atoms with Gasteiger partial charge in [0.2, 0.25) is 0 Å². The molecular formula is C21H22N2O3S. The Morgan fingerprint density at radius 1 is 1.30 bits per heavy atom. The van der Waals surface area contributed by atoms with Crippen LogP contribution in [-0.2, 0) is 22.4 Å². The van der Waals surface area contributed by atoms with Crippen molar-refractivity contribution in [2.45, 2.75) is 40.0 Å². The lowest BCUT2D eigenvalue weighted by Gasteiger charge is -2.17. The lowest BCUT2D eigenvalue weighted by Crippen LogP contribution is -2.21. The quantitative estimate of drug-likeness (QED) is 0.806. The van der Waals surface area contributed by atoms with Gasteiger partial charge in [0.25, 0.3) is 5.91 Å². The van der Waals surface area contributed by atoms with Gasteiger partial charge in [-0.05, 0) is 56.7 Å². The van der Waals surface area contributed by atoms with Crippen LogP contribution in [0.25, 0.3) is 0 Å². The Balaban J connectivity index is 1.65. The number of amides is 1. The Bertz CT molecular complexity index is 919. The maximum absolute atomic E-state index is 12.2. The molecule has 0 saturated carbocycles. The number of aryl methyl sites for hydroxylation is 2. The number of carbonyl (C=O) groups is 2. The number of anilines is 1.